The maximum absolute atomic E-state index is 12.4. The average Bonchev–Trinajstić information content (AvgIpc) is 3.17. The van der Waals surface area contributed by atoms with Crippen LogP contribution in [0.15, 0.2) is 33.9 Å². The zero-order chi connectivity index (χ0) is 16.4. The summed E-state index contributed by atoms with van der Waals surface area (Å²) in [5.41, 5.74) is 0.875. The normalized spacial score (nSPS) is 15.8. The van der Waals surface area contributed by atoms with E-state index in [0.717, 1.165) is 36.0 Å². The van der Waals surface area contributed by atoms with E-state index in [1.165, 1.54) is 16.4 Å². The lowest BCUT2D eigenvalue weighted by Gasteiger charge is -2.19. The molecule has 6 nitrogen and oxygen atoms in total. The molecular formula is C15H18BrN5OS. The summed E-state index contributed by atoms with van der Waals surface area (Å²) >= 11 is 4.78. The molecule has 1 aliphatic rings. The smallest absolute Gasteiger partial charge is 0.235 e. The van der Waals surface area contributed by atoms with Crippen LogP contribution in [0.5, 0.6) is 0 Å². The van der Waals surface area contributed by atoms with E-state index < -0.39 is 0 Å². The zero-order valence-corrected chi connectivity index (χ0v) is 15.2. The number of rotatable bonds is 4. The van der Waals surface area contributed by atoms with Crippen LogP contribution in [0.25, 0.3) is 11.4 Å². The number of hydrogen-bond acceptors (Lipinski definition) is 5. The van der Waals surface area contributed by atoms with Crippen molar-refractivity contribution >= 4 is 33.6 Å². The molecule has 122 valence electrons. The van der Waals surface area contributed by atoms with Crippen LogP contribution in [0.3, 0.4) is 0 Å². The Kier molecular flexibility index (Phi) is 4.91. The molecule has 2 heterocycles. The van der Waals surface area contributed by atoms with Crippen molar-refractivity contribution in [3.8, 4) is 11.4 Å². The fourth-order valence-electron chi connectivity index (χ4n) is 2.58. The summed E-state index contributed by atoms with van der Waals surface area (Å²) in [5.74, 6) is 6.83. The van der Waals surface area contributed by atoms with Crippen LogP contribution in [0.1, 0.15) is 19.8 Å². The van der Waals surface area contributed by atoms with Gasteiger partial charge in [0.2, 0.25) is 11.1 Å². The Balaban J connectivity index is 1.75. The molecule has 8 heteroatoms. The highest BCUT2D eigenvalue weighted by atomic mass is 79.9. The first-order chi connectivity index (χ1) is 11.1. The van der Waals surface area contributed by atoms with Crippen molar-refractivity contribution in [2.24, 2.45) is 0 Å². The quantitative estimate of drug-likeness (QED) is 0.635. The van der Waals surface area contributed by atoms with E-state index in [4.69, 9.17) is 5.84 Å². The Hall–Kier alpha value is -1.54. The van der Waals surface area contributed by atoms with Crippen LogP contribution in [0.4, 0.5) is 0 Å². The van der Waals surface area contributed by atoms with Crippen molar-refractivity contribution in [3.05, 3.63) is 28.7 Å². The molecule has 0 radical (unpaired) electrons. The molecule has 0 spiro atoms. The molecule has 0 unspecified atom stereocenters. The van der Waals surface area contributed by atoms with Gasteiger partial charge in [-0.1, -0.05) is 39.8 Å². The molecular weight excluding hydrogens is 378 g/mol. The van der Waals surface area contributed by atoms with Crippen LogP contribution < -0.4 is 5.84 Å². The van der Waals surface area contributed by atoms with Crippen LogP contribution in [0, 0.1) is 0 Å². The van der Waals surface area contributed by atoms with E-state index in [1.54, 1.807) is 0 Å². The number of amides is 1. The Morgan fingerprint density at radius 1 is 1.35 bits per heavy atom. The van der Waals surface area contributed by atoms with Gasteiger partial charge in [0.1, 0.15) is 0 Å². The van der Waals surface area contributed by atoms with Crippen molar-refractivity contribution in [2.45, 2.75) is 30.2 Å². The summed E-state index contributed by atoms with van der Waals surface area (Å²) in [5, 5.41) is 8.61. The van der Waals surface area contributed by atoms with Crippen molar-refractivity contribution in [1.29, 1.82) is 0 Å². The molecule has 1 atom stereocenters. The number of hydrogen-bond donors (Lipinski definition) is 1. The minimum atomic E-state index is -0.227. The van der Waals surface area contributed by atoms with E-state index in [0.29, 0.717) is 11.0 Å². The number of benzene rings is 1. The van der Waals surface area contributed by atoms with Gasteiger partial charge in [-0.2, -0.15) is 0 Å². The molecule has 1 saturated heterocycles. The van der Waals surface area contributed by atoms with Crippen LogP contribution in [0.2, 0.25) is 0 Å². The molecule has 3 rings (SSSR count). The van der Waals surface area contributed by atoms with Crippen molar-refractivity contribution < 1.29 is 4.79 Å². The molecule has 1 fully saturated rings. The van der Waals surface area contributed by atoms with Gasteiger partial charge in [-0.3, -0.25) is 4.79 Å². The third-order valence-corrected chi connectivity index (χ3v) is 5.33. The second-order valence-corrected chi connectivity index (χ2v) is 7.70. The second kappa shape index (κ2) is 6.92. The molecule has 1 aromatic carbocycles. The van der Waals surface area contributed by atoms with Crippen molar-refractivity contribution in [2.75, 3.05) is 18.9 Å². The van der Waals surface area contributed by atoms with Gasteiger partial charge >= 0.3 is 0 Å². The van der Waals surface area contributed by atoms with Crippen molar-refractivity contribution in [1.82, 2.24) is 19.8 Å². The van der Waals surface area contributed by atoms with Gasteiger partial charge in [-0.25, -0.2) is 4.68 Å². The predicted molar refractivity (Wildman–Crippen MR) is 94.4 cm³/mol. The number of likely N-dealkylation sites (tertiary alicyclic amines) is 1. The number of nitrogens with zero attached hydrogens (tertiary/aromatic N) is 4. The van der Waals surface area contributed by atoms with Gasteiger partial charge in [-0.05, 0) is 31.9 Å². The number of thioether (sulfide) groups is 1. The maximum Gasteiger partial charge on any atom is 0.235 e. The lowest BCUT2D eigenvalue weighted by Crippen LogP contribution is -2.34. The molecule has 0 bridgehead atoms. The topological polar surface area (TPSA) is 77.0 Å². The van der Waals surface area contributed by atoms with Gasteiger partial charge in [-0.15, -0.1) is 10.2 Å². The molecule has 2 aromatic rings. The summed E-state index contributed by atoms with van der Waals surface area (Å²) in [7, 11) is 0. The fraction of sp³-hybridized carbons (Fsp3) is 0.400. The molecule has 0 saturated carbocycles. The number of carbonyl (C=O) groups is 1. The number of carbonyl (C=O) groups excluding carboxylic acids is 1. The highest BCUT2D eigenvalue weighted by molar-refractivity contribution is 9.10. The molecule has 0 aliphatic carbocycles. The first kappa shape index (κ1) is 16.3. The number of aromatic nitrogens is 3. The Bertz CT molecular complexity index is 714. The summed E-state index contributed by atoms with van der Waals surface area (Å²) in [6.07, 6.45) is 2.17. The number of halogens is 1. The molecule has 1 aromatic heterocycles. The standard InChI is InChI=1S/C15H18BrN5OS/c1-10(14(22)20-7-2-3-8-20)23-15-19-18-13(21(15)17)11-5-4-6-12(16)9-11/h4-6,9-10H,2-3,7-8,17H2,1H3/t10-/m1/s1. The van der Waals surface area contributed by atoms with Gasteiger partial charge in [0.05, 0.1) is 5.25 Å². The predicted octanol–water partition coefficient (Wildman–Crippen LogP) is 2.52. The second-order valence-electron chi connectivity index (χ2n) is 5.48. The molecule has 1 amide bonds. The largest absolute Gasteiger partial charge is 0.342 e. The lowest BCUT2D eigenvalue weighted by atomic mass is 10.2. The number of nitrogens with two attached hydrogens (primary N) is 1. The minimum absolute atomic E-state index is 0.138. The van der Waals surface area contributed by atoms with E-state index in [9.17, 15) is 4.79 Å². The minimum Gasteiger partial charge on any atom is -0.342 e. The Morgan fingerprint density at radius 3 is 2.78 bits per heavy atom. The van der Waals surface area contributed by atoms with E-state index in [1.807, 2.05) is 36.1 Å². The average molecular weight is 396 g/mol. The number of nitrogen functional groups attached to an aromatic ring is 1. The summed E-state index contributed by atoms with van der Waals surface area (Å²) in [6, 6.07) is 7.71. The summed E-state index contributed by atoms with van der Waals surface area (Å²) in [6.45, 7) is 3.59. The zero-order valence-electron chi connectivity index (χ0n) is 12.8. The van der Waals surface area contributed by atoms with E-state index >= 15 is 0 Å². The van der Waals surface area contributed by atoms with E-state index in [-0.39, 0.29) is 11.2 Å². The van der Waals surface area contributed by atoms with E-state index in [2.05, 4.69) is 26.1 Å². The maximum atomic E-state index is 12.4. The molecule has 2 N–H and O–H groups in total. The van der Waals surface area contributed by atoms with Crippen LogP contribution in [-0.2, 0) is 4.79 Å². The molecule has 23 heavy (non-hydrogen) atoms. The Morgan fingerprint density at radius 2 is 2.09 bits per heavy atom. The summed E-state index contributed by atoms with van der Waals surface area (Å²) < 4.78 is 2.39. The third kappa shape index (κ3) is 3.53. The summed E-state index contributed by atoms with van der Waals surface area (Å²) in [4.78, 5) is 14.3. The highest BCUT2D eigenvalue weighted by Gasteiger charge is 2.26. The highest BCUT2D eigenvalue weighted by Crippen LogP contribution is 2.27. The van der Waals surface area contributed by atoms with Crippen LogP contribution >= 0.6 is 27.7 Å². The van der Waals surface area contributed by atoms with Gasteiger partial charge in [0.15, 0.2) is 5.82 Å². The van der Waals surface area contributed by atoms with Crippen LogP contribution in [-0.4, -0.2) is 44.0 Å². The van der Waals surface area contributed by atoms with Gasteiger partial charge in [0, 0.05) is 23.1 Å². The Labute approximate surface area is 147 Å². The van der Waals surface area contributed by atoms with Crippen molar-refractivity contribution in [3.63, 3.8) is 0 Å². The SMILES string of the molecule is C[C@@H](Sc1nnc(-c2cccc(Br)c2)n1N)C(=O)N1CCCC1. The lowest BCUT2D eigenvalue weighted by molar-refractivity contribution is -0.129. The first-order valence-corrected chi connectivity index (χ1v) is 9.15. The van der Waals surface area contributed by atoms with Gasteiger partial charge < -0.3 is 10.7 Å². The van der Waals surface area contributed by atoms with Gasteiger partial charge in [0.25, 0.3) is 0 Å². The fourth-order valence-corrected chi connectivity index (χ4v) is 3.84. The monoisotopic (exact) mass is 395 g/mol. The third-order valence-electron chi connectivity index (χ3n) is 3.80. The first-order valence-electron chi connectivity index (χ1n) is 7.48. The molecule has 1 aliphatic heterocycles.